The number of hydrogen-bond acceptors (Lipinski definition) is 3. The third-order valence-corrected chi connectivity index (χ3v) is 8.51. The van der Waals surface area contributed by atoms with Gasteiger partial charge in [0.15, 0.2) is 0 Å². The predicted molar refractivity (Wildman–Crippen MR) is 119 cm³/mol. The van der Waals surface area contributed by atoms with E-state index in [1.807, 2.05) is 12.1 Å². The van der Waals surface area contributed by atoms with Gasteiger partial charge in [0, 0.05) is 26.2 Å². The molecule has 2 aliphatic heterocycles. The third-order valence-electron chi connectivity index (χ3n) is 5.39. The molecule has 2 aliphatic rings. The van der Waals surface area contributed by atoms with Crippen molar-refractivity contribution in [2.24, 2.45) is 0 Å². The summed E-state index contributed by atoms with van der Waals surface area (Å²) in [5.74, 6) is 0. The Bertz CT molecular complexity index is 1140. The normalized spacial score (nSPS) is 16.7. The standard InChI is InChI=1S/C19H17Cl4N3O3S/c20-15-3-1-11-5-7-25(9-13(11)17(15)22)19(27)24-30(28,29)26-8-6-12-2-4-16(21)18(23)14(12)10-26/h1-4H,5-10H2,(H,24,27). The molecule has 160 valence electrons. The highest BCUT2D eigenvalue weighted by atomic mass is 35.5. The Hall–Kier alpha value is -1.22. The molecule has 1 N–H and O–H groups in total. The van der Waals surface area contributed by atoms with E-state index in [0.29, 0.717) is 45.0 Å². The lowest BCUT2D eigenvalue weighted by atomic mass is 10.00. The Morgan fingerprint density at radius 2 is 1.37 bits per heavy atom. The van der Waals surface area contributed by atoms with Gasteiger partial charge >= 0.3 is 16.2 Å². The van der Waals surface area contributed by atoms with Crippen LogP contribution in [-0.4, -0.2) is 36.7 Å². The van der Waals surface area contributed by atoms with Crippen LogP contribution in [0, 0.1) is 0 Å². The number of fused-ring (bicyclic) bond motifs is 2. The second kappa shape index (κ2) is 8.37. The maximum absolute atomic E-state index is 12.9. The van der Waals surface area contributed by atoms with E-state index in [1.54, 1.807) is 12.1 Å². The predicted octanol–water partition coefficient (Wildman–Crippen LogP) is 4.67. The molecule has 6 nitrogen and oxygen atoms in total. The van der Waals surface area contributed by atoms with Crippen LogP contribution in [0.25, 0.3) is 0 Å². The van der Waals surface area contributed by atoms with Crippen molar-refractivity contribution in [1.82, 2.24) is 13.9 Å². The van der Waals surface area contributed by atoms with Gasteiger partial charge in [-0.2, -0.15) is 12.7 Å². The number of rotatable bonds is 2. The summed E-state index contributed by atoms with van der Waals surface area (Å²) in [4.78, 5) is 14.1. The molecular weight excluding hydrogens is 492 g/mol. The number of nitrogens with zero attached hydrogens (tertiary/aromatic N) is 2. The number of benzene rings is 2. The second-order valence-electron chi connectivity index (χ2n) is 7.17. The third kappa shape index (κ3) is 4.11. The first kappa shape index (κ1) is 22.0. The minimum Gasteiger partial charge on any atom is -0.319 e. The molecular formula is C19H17Cl4N3O3S. The molecule has 2 amide bonds. The van der Waals surface area contributed by atoms with Crippen molar-refractivity contribution in [3.05, 3.63) is 66.6 Å². The van der Waals surface area contributed by atoms with E-state index >= 15 is 0 Å². The van der Waals surface area contributed by atoms with Crippen LogP contribution in [0.2, 0.25) is 20.1 Å². The van der Waals surface area contributed by atoms with Gasteiger partial charge in [0.25, 0.3) is 0 Å². The molecule has 0 atom stereocenters. The van der Waals surface area contributed by atoms with Crippen molar-refractivity contribution >= 4 is 62.6 Å². The molecule has 2 aromatic carbocycles. The average molecular weight is 509 g/mol. The summed E-state index contributed by atoms with van der Waals surface area (Å²) in [5, 5.41) is 1.47. The van der Waals surface area contributed by atoms with Gasteiger partial charge < -0.3 is 4.90 Å². The lowest BCUT2D eigenvalue weighted by Crippen LogP contribution is -2.50. The van der Waals surface area contributed by atoms with Crippen LogP contribution in [0.3, 0.4) is 0 Å². The van der Waals surface area contributed by atoms with Crippen LogP contribution in [0.15, 0.2) is 24.3 Å². The van der Waals surface area contributed by atoms with E-state index in [-0.39, 0.29) is 19.6 Å². The fourth-order valence-corrected chi connectivity index (χ4v) is 5.67. The number of urea groups is 1. The minimum absolute atomic E-state index is 0.0433. The average Bonchev–Trinajstić information content (AvgIpc) is 2.73. The number of halogens is 4. The summed E-state index contributed by atoms with van der Waals surface area (Å²) in [6, 6.07) is 6.41. The number of carbonyl (C=O) groups excluding carboxylic acids is 1. The molecule has 4 rings (SSSR count). The first-order chi connectivity index (χ1) is 14.2. The Morgan fingerprint density at radius 3 is 1.97 bits per heavy atom. The van der Waals surface area contributed by atoms with Crippen molar-refractivity contribution in [1.29, 1.82) is 0 Å². The molecule has 0 unspecified atom stereocenters. The molecule has 0 saturated carbocycles. The summed E-state index contributed by atoms with van der Waals surface area (Å²) in [6.07, 6.45) is 1.04. The number of hydrogen-bond donors (Lipinski definition) is 1. The van der Waals surface area contributed by atoms with E-state index in [2.05, 4.69) is 4.72 Å². The van der Waals surface area contributed by atoms with E-state index in [4.69, 9.17) is 46.4 Å². The minimum atomic E-state index is -4.07. The Labute approximate surface area is 194 Å². The zero-order valence-electron chi connectivity index (χ0n) is 15.6. The van der Waals surface area contributed by atoms with Crippen molar-refractivity contribution < 1.29 is 13.2 Å². The topological polar surface area (TPSA) is 69.7 Å². The van der Waals surface area contributed by atoms with Crippen LogP contribution in [0.1, 0.15) is 22.3 Å². The Morgan fingerprint density at radius 1 is 0.833 bits per heavy atom. The summed E-state index contributed by atoms with van der Waals surface area (Å²) >= 11 is 24.7. The highest BCUT2D eigenvalue weighted by Crippen LogP contribution is 2.34. The van der Waals surface area contributed by atoms with Gasteiger partial charge in [-0.25, -0.2) is 9.52 Å². The molecule has 2 heterocycles. The van der Waals surface area contributed by atoms with Gasteiger partial charge in [0.1, 0.15) is 0 Å². The molecule has 0 spiro atoms. The van der Waals surface area contributed by atoms with Gasteiger partial charge in [-0.15, -0.1) is 0 Å². The smallest absolute Gasteiger partial charge is 0.319 e. The fourth-order valence-electron chi connectivity index (χ4n) is 3.72. The molecule has 0 saturated heterocycles. The zero-order valence-corrected chi connectivity index (χ0v) is 19.4. The second-order valence-corrected chi connectivity index (χ2v) is 10.4. The van der Waals surface area contributed by atoms with Crippen LogP contribution >= 0.6 is 46.4 Å². The summed E-state index contributed by atoms with van der Waals surface area (Å²) in [5.41, 5.74) is 3.33. The van der Waals surface area contributed by atoms with Crippen molar-refractivity contribution in [2.75, 3.05) is 13.1 Å². The number of amides is 2. The fraction of sp³-hybridized carbons (Fsp3) is 0.316. The summed E-state index contributed by atoms with van der Waals surface area (Å²) in [7, 11) is -4.07. The summed E-state index contributed by atoms with van der Waals surface area (Å²) in [6.45, 7) is 0.830. The molecule has 11 heteroatoms. The maximum Gasteiger partial charge on any atom is 0.332 e. The zero-order chi connectivity index (χ0) is 21.6. The molecule has 2 aromatic rings. The van der Waals surface area contributed by atoms with E-state index in [1.165, 1.54) is 9.21 Å². The summed E-state index contributed by atoms with van der Waals surface area (Å²) < 4.78 is 29.1. The van der Waals surface area contributed by atoms with Crippen molar-refractivity contribution in [2.45, 2.75) is 25.9 Å². The first-order valence-corrected chi connectivity index (χ1v) is 12.1. The van der Waals surface area contributed by atoms with Gasteiger partial charge in [-0.1, -0.05) is 58.5 Å². The van der Waals surface area contributed by atoms with E-state index < -0.39 is 16.2 Å². The number of carbonyl (C=O) groups is 1. The quantitative estimate of drug-likeness (QED) is 0.640. The van der Waals surface area contributed by atoms with Crippen molar-refractivity contribution in [3.8, 4) is 0 Å². The van der Waals surface area contributed by atoms with E-state index in [0.717, 1.165) is 16.7 Å². The molecule has 30 heavy (non-hydrogen) atoms. The number of nitrogens with one attached hydrogen (secondary N) is 1. The lowest BCUT2D eigenvalue weighted by molar-refractivity contribution is 0.197. The first-order valence-electron chi connectivity index (χ1n) is 9.15. The van der Waals surface area contributed by atoms with Gasteiger partial charge in [-0.05, 0) is 47.2 Å². The monoisotopic (exact) mass is 507 g/mol. The van der Waals surface area contributed by atoms with E-state index in [9.17, 15) is 13.2 Å². The van der Waals surface area contributed by atoms with Crippen molar-refractivity contribution in [3.63, 3.8) is 0 Å². The lowest BCUT2D eigenvalue weighted by Gasteiger charge is -2.32. The SMILES string of the molecule is O=C(NS(=O)(=O)N1CCc2ccc(Cl)c(Cl)c2C1)N1CCc2ccc(Cl)c(Cl)c2C1. The Balaban J connectivity index is 1.49. The maximum atomic E-state index is 12.9. The molecule has 0 bridgehead atoms. The largest absolute Gasteiger partial charge is 0.332 e. The van der Waals surface area contributed by atoms with Gasteiger partial charge in [0.2, 0.25) is 0 Å². The molecule has 0 fully saturated rings. The van der Waals surface area contributed by atoms with Gasteiger partial charge in [0.05, 0.1) is 20.1 Å². The highest BCUT2D eigenvalue weighted by Gasteiger charge is 2.32. The van der Waals surface area contributed by atoms with Gasteiger partial charge in [-0.3, -0.25) is 0 Å². The van der Waals surface area contributed by atoms with Crippen LogP contribution in [0.5, 0.6) is 0 Å². The van der Waals surface area contributed by atoms with Crippen LogP contribution in [0.4, 0.5) is 4.79 Å². The molecule has 0 aliphatic carbocycles. The molecule has 0 aromatic heterocycles. The van der Waals surface area contributed by atoms with Crippen LogP contribution in [-0.2, 0) is 36.1 Å². The highest BCUT2D eigenvalue weighted by molar-refractivity contribution is 7.87. The Kier molecular flexibility index (Phi) is 6.14. The van der Waals surface area contributed by atoms with Crippen LogP contribution < -0.4 is 4.72 Å². The molecule has 0 radical (unpaired) electrons.